The van der Waals surface area contributed by atoms with Gasteiger partial charge >= 0.3 is 0 Å². The number of carbonyl (C=O) groups is 2. The summed E-state index contributed by atoms with van der Waals surface area (Å²) in [6.45, 7) is 5.51. The number of fused-ring (bicyclic) bond motifs is 1. The first-order chi connectivity index (χ1) is 14.6. The quantitative estimate of drug-likeness (QED) is 0.499. The fraction of sp³-hybridized carbons (Fsp3) is 0.571. The van der Waals surface area contributed by atoms with Gasteiger partial charge < -0.3 is 14.2 Å². The van der Waals surface area contributed by atoms with Gasteiger partial charge in [-0.05, 0) is 38.0 Å². The van der Waals surface area contributed by atoms with Crippen LogP contribution in [0.15, 0.2) is 27.7 Å². The number of carbonyl (C=O) groups excluding carboxylic acids is 2. The molecule has 164 valence electrons. The average Bonchev–Trinajstić information content (AvgIpc) is 2.89. The van der Waals surface area contributed by atoms with Gasteiger partial charge in [0.1, 0.15) is 0 Å². The minimum Gasteiger partial charge on any atom is -0.380 e. The molecule has 2 aromatic rings. The van der Waals surface area contributed by atoms with E-state index in [0.717, 1.165) is 40.6 Å². The van der Waals surface area contributed by atoms with Crippen molar-refractivity contribution in [1.82, 2.24) is 9.47 Å². The molecule has 9 heteroatoms. The van der Waals surface area contributed by atoms with Crippen molar-refractivity contribution in [2.75, 3.05) is 37.8 Å². The van der Waals surface area contributed by atoms with Crippen LogP contribution in [0.25, 0.3) is 10.2 Å². The molecule has 0 N–H and O–H groups in total. The van der Waals surface area contributed by atoms with Crippen LogP contribution in [0, 0.1) is 0 Å². The second-order valence-electron chi connectivity index (χ2n) is 7.14. The summed E-state index contributed by atoms with van der Waals surface area (Å²) in [5.74, 6) is 0.473. The van der Waals surface area contributed by atoms with Gasteiger partial charge in [-0.2, -0.15) is 4.99 Å². The van der Waals surface area contributed by atoms with Gasteiger partial charge in [0.25, 0.3) is 5.91 Å². The van der Waals surface area contributed by atoms with Gasteiger partial charge in [-0.1, -0.05) is 40.1 Å². The zero-order valence-electron chi connectivity index (χ0n) is 17.3. The van der Waals surface area contributed by atoms with Crippen LogP contribution >= 0.6 is 39.0 Å². The molecule has 0 saturated carbocycles. The van der Waals surface area contributed by atoms with Gasteiger partial charge in [0.15, 0.2) is 4.80 Å². The first-order valence-electron chi connectivity index (χ1n) is 10.4. The topological polar surface area (TPSA) is 63.9 Å². The first-order valence-corrected chi connectivity index (χ1v) is 13.1. The molecule has 0 radical (unpaired) electrons. The molecular weight excluding hydrogens is 486 g/mol. The van der Waals surface area contributed by atoms with Crippen LogP contribution in [0.5, 0.6) is 0 Å². The predicted molar refractivity (Wildman–Crippen MR) is 127 cm³/mol. The Morgan fingerprint density at radius 2 is 1.97 bits per heavy atom. The summed E-state index contributed by atoms with van der Waals surface area (Å²) in [7, 11) is 0. The van der Waals surface area contributed by atoms with E-state index in [0.29, 0.717) is 30.3 Å². The van der Waals surface area contributed by atoms with E-state index in [2.05, 4.69) is 20.9 Å². The molecule has 1 aromatic carbocycles. The molecule has 1 aliphatic heterocycles. The highest BCUT2D eigenvalue weighted by molar-refractivity contribution is 9.10. The lowest BCUT2D eigenvalue weighted by atomic mass is 10.2. The van der Waals surface area contributed by atoms with E-state index in [4.69, 9.17) is 4.74 Å². The number of aromatic nitrogens is 1. The molecule has 0 aliphatic carbocycles. The number of likely N-dealkylation sites (tertiary alicyclic amines) is 1. The Hall–Kier alpha value is -1.16. The Bertz CT molecular complexity index is 933. The van der Waals surface area contributed by atoms with Gasteiger partial charge in [-0.15, -0.1) is 11.8 Å². The summed E-state index contributed by atoms with van der Waals surface area (Å²) >= 11 is 6.35. The number of benzene rings is 1. The van der Waals surface area contributed by atoms with Crippen LogP contribution in [0.2, 0.25) is 0 Å². The van der Waals surface area contributed by atoms with Gasteiger partial charge in [0.05, 0.1) is 28.3 Å². The molecule has 2 amide bonds. The lowest BCUT2D eigenvalue weighted by molar-refractivity contribution is -0.128. The van der Waals surface area contributed by atoms with Crippen molar-refractivity contribution in [2.45, 2.75) is 39.2 Å². The SMILES string of the molecule is CCOCCn1c(=NC(=O)CSCC(=O)N2CCCCCC2)sc2cc(Br)ccc21. The zero-order valence-corrected chi connectivity index (χ0v) is 20.5. The lowest BCUT2D eigenvalue weighted by Gasteiger charge is -2.19. The summed E-state index contributed by atoms with van der Waals surface area (Å²) in [6, 6.07) is 6.05. The van der Waals surface area contributed by atoms with E-state index >= 15 is 0 Å². The maximum atomic E-state index is 12.5. The molecule has 1 aromatic heterocycles. The smallest absolute Gasteiger partial charge is 0.258 e. The van der Waals surface area contributed by atoms with Crippen LogP contribution in [-0.4, -0.2) is 59.1 Å². The lowest BCUT2D eigenvalue weighted by Crippen LogP contribution is -2.33. The Kier molecular flexibility index (Phi) is 9.42. The summed E-state index contributed by atoms with van der Waals surface area (Å²) in [5, 5.41) is 0. The van der Waals surface area contributed by atoms with Crippen molar-refractivity contribution in [2.24, 2.45) is 4.99 Å². The molecule has 2 heterocycles. The van der Waals surface area contributed by atoms with Gasteiger partial charge in [-0.25, -0.2) is 0 Å². The number of amides is 2. The summed E-state index contributed by atoms with van der Waals surface area (Å²) < 4.78 is 9.59. The fourth-order valence-corrected chi connectivity index (χ4v) is 5.75. The van der Waals surface area contributed by atoms with Crippen LogP contribution in [0.4, 0.5) is 0 Å². The predicted octanol–water partition coefficient (Wildman–Crippen LogP) is 4.06. The third kappa shape index (κ3) is 6.67. The van der Waals surface area contributed by atoms with Crippen LogP contribution < -0.4 is 4.80 Å². The van der Waals surface area contributed by atoms with Crippen molar-refractivity contribution in [3.05, 3.63) is 27.5 Å². The summed E-state index contributed by atoms with van der Waals surface area (Å²) in [4.78, 5) is 31.8. The highest BCUT2D eigenvalue weighted by Gasteiger charge is 2.16. The fourth-order valence-electron chi connectivity index (χ4n) is 3.42. The van der Waals surface area contributed by atoms with Crippen molar-refractivity contribution in [1.29, 1.82) is 0 Å². The van der Waals surface area contributed by atoms with E-state index in [1.54, 1.807) is 0 Å². The van der Waals surface area contributed by atoms with E-state index in [9.17, 15) is 9.59 Å². The monoisotopic (exact) mass is 513 g/mol. The van der Waals surface area contributed by atoms with Crippen LogP contribution in [-0.2, 0) is 20.9 Å². The maximum absolute atomic E-state index is 12.5. The number of hydrogen-bond acceptors (Lipinski definition) is 5. The molecule has 0 spiro atoms. The Balaban J connectivity index is 1.65. The molecular formula is C21H28BrN3O3S2. The van der Waals surface area contributed by atoms with Crippen LogP contribution in [0.1, 0.15) is 32.6 Å². The number of thiazole rings is 1. The number of rotatable bonds is 8. The highest BCUT2D eigenvalue weighted by Crippen LogP contribution is 2.22. The second-order valence-corrected chi connectivity index (χ2v) is 10.0. The number of halogens is 1. The average molecular weight is 515 g/mol. The number of nitrogens with zero attached hydrogens (tertiary/aromatic N) is 3. The minimum atomic E-state index is -0.209. The molecule has 1 fully saturated rings. The molecule has 0 unspecified atom stereocenters. The van der Waals surface area contributed by atoms with Gasteiger partial charge in [-0.3, -0.25) is 9.59 Å². The Morgan fingerprint density at radius 1 is 1.20 bits per heavy atom. The summed E-state index contributed by atoms with van der Waals surface area (Å²) in [5.41, 5.74) is 1.04. The van der Waals surface area contributed by atoms with E-state index < -0.39 is 0 Å². The number of ether oxygens (including phenoxy) is 1. The van der Waals surface area contributed by atoms with E-state index in [-0.39, 0.29) is 17.6 Å². The molecule has 30 heavy (non-hydrogen) atoms. The van der Waals surface area contributed by atoms with E-state index in [1.165, 1.54) is 35.9 Å². The molecule has 1 aliphatic rings. The first kappa shape index (κ1) is 23.5. The maximum Gasteiger partial charge on any atom is 0.258 e. The molecule has 0 atom stereocenters. The van der Waals surface area contributed by atoms with Gasteiger partial charge in [0.2, 0.25) is 5.91 Å². The van der Waals surface area contributed by atoms with Gasteiger partial charge in [0, 0.05) is 30.7 Å². The van der Waals surface area contributed by atoms with Crippen LogP contribution in [0.3, 0.4) is 0 Å². The van der Waals surface area contributed by atoms with Crippen molar-refractivity contribution in [3.63, 3.8) is 0 Å². The zero-order chi connectivity index (χ0) is 21.3. The third-order valence-corrected chi connectivity index (χ3v) is 7.37. The number of thioether (sulfide) groups is 1. The Labute approximate surface area is 193 Å². The normalized spacial score (nSPS) is 15.5. The highest BCUT2D eigenvalue weighted by atomic mass is 79.9. The molecule has 0 bridgehead atoms. The van der Waals surface area contributed by atoms with Crippen molar-refractivity contribution < 1.29 is 14.3 Å². The second kappa shape index (κ2) is 12.0. The summed E-state index contributed by atoms with van der Waals surface area (Å²) in [6.07, 6.45) is 4.55. The van der Waals surface area contributed by atoms with Crippen molar-refractivity contribution >= 4 is 61.1 Å². The Morgan fingerprint density at radius 3 is 2.70 bits per heavy atom. The molecule has 6 nitrogen and oxygen atoms in total. The molecule has 3 rings (SSSR count). The largest absolute Gasteiger partial charge is 0.380 e. The minimum absolute atomic E-state index is 0.133. The number of hydrogen-bond donors (Lipinski definition) is 0. The van der Waals surface area contributed by atoms with E-state index in [1.807, 2.05) is 34.6 Å². The third-order valence-electron chi connectivity index (χ3n) is 4.94. The van der Waals surface area contributed by atoms with Crippen molar-refractivity contribution in [3.8, 4) is 0 Å². The molecule has 1 saturated heterocycles. The standard InChI is InChI=1S/C21H28BrN3O3S2/c1-2-28-12-11-25-17-8-7-16(22)13-18(17)30-21(25)23-19(26)14-29-15-20(27)24-9-5-3-4-6-10-24/h7-8,13H,2-6,9-12,14-15H2,1H3.